The van der Waals surface area contributed by atoms with Crippen molar-refractivity contribution in [3.8, 4) is 11.5 Å². The van der Waals surface area contributed by atoms with Gasteiger partial charge in [-0.2, -0.15) is 0 Å². The van der Waals surface area contributed by atoms with Crippen LogP contribution in [0.5, 0.6) is 11.5 Å². The zero-order valence-electron chi connectivity index (χ0n) is 11.6. The van der Waals surface area contributed by atoms with Crippen molar-refractivity contribution in [2.45, 2.75) is 20.0 Å². The predicted molar refractivity (Wildman–Crippen MR) is 76.9 cm³/mol. The Kier molecular flexibility index (Phi) is 3.83. The summed E-state index contributed by atoms with van der Waals surface area (Å²) in [6, 6.07) is 10.0. The predicted octanol–water partition coefficient (Wildman–Crippen LogP) is 2.45. The first kappa shape index (κ1) is 12.9. The highest BCUT2D eigenvalue weighted by molar-refractivity contribution is 5.47. The number of para-hydroxylation sites is 1. The number of nitrogens with zero attached hydrogens (tertiary/aromatic N) is 1. The molecule has 2 aromatic rings. The summed E-state index contributed by atoms with van der Waals surface area (Å²) in [6.45, 7) is 4.80. The van der Waals surface area contributed by atoms with E-state index in [0.29, 0.717) is 13.2 Å². The van der Waals surface area contributed by atoms with Crippen molar-refractivity contribution in [3.05, 3.63) is 53.3 Å². The SMILES string of the molecule is Cc1cccnc1CNCc1cccc2c1OCCO2. The molecule has 1 aromatic carbocycles. The van der Waals surface area contributed by atoms with Crippen LogP contribution in [0, 0.1) is 6.92 Å². The molecule has 1 N–H and O–H groups in total. The van der Waals surface area contributed by atoms with Crippen LogP contribution in [0.15, 0.2) is 36.5 Å². The molecule has 4 nitrogen and oxygen atoms in total. The second-order valence-corrected chi connectivity index (χ2v) is 4.81. The molecule has 0 fully saturated rings. The summed E-state index contributed by atoms with van der Waals surface area (Å²) < 4.78 is 11.3. The van der Waals surface area contributed by atoms with Gasteiger partial charge in [-0.05, 0) is 24.6 Å². The normalized spacial score (nSPS) is 13.2. The van der Waals surface area contributed by atoms with Gasteiger partial charge in [-0.3, -0.25) is 4.98 Å². The molecule has 1 aliphatic rings. The Hall–Kier alpha value is -2.07. The molecular formula is C16H18N2O2. The highest BCUT2D eigenvalue weighted by atomic mass is 16.6. The largest absolute Gasteiger partial charge is 0.486 e. The Morgan fingerprint density at radius 2 is 2.00 bits per heavy atom. The molecule has 0 amide bonds. The third-order valence-corrected chi connectivity index (χ3v) is 3.37. The van der Waals surface area contributed by atoms with Crippen LogP contribution in [0.2, 0.25) is 0 Å². The van der Waals surface area contributed by atoms with Gasteiger partial charge in [-0.25, -0.2) is 0 Å². The number of hydrogen-bond donors (Lipinski definition) is 1. The van der Waals surface area contributed by atoms with Gasteiger partial charge in [0.25, 0.3) is 0 Å². The smallest absolute Gasteiger partial charge is 0.165 e. The maximum absolute atomic E-state index is 5.70. The molecule has 0 atom stereocenters. The van der Waals surface area contributed by atoms with Gasteiger partial charge in [0.1, 0.15) is 13.2 Å². The second kappa shape index (κ2) is 5.92. The number of nitrogens with one attached hydrogen (secondary N) is 1. The van der Waals surface area contributed by atoms with Crippen LogP contribution < -0.4 is 14.8 Å². The molecule has 20 heavy (non-hydrogen) atoms. The van der Waals surface area contributed by atoms with Gasteiger partial charge >= 0.3 is 0 Å². The summed E-state index contributed by atoms with van der Waals surface area (Å²) in [4.78, 5) is 4.38. The molecule has 1 aromatic heterocycles. The van der Waals surface area contributed by atoms with Crippen molar-refractivity contribution in [2.75, 3.05) is 13.2 Å². The summed E-state index contributed by atoms with van der Waals surface area (Å²) in [5.41, 5.74) is 3.40. The van der Waals surface area contributed by atoms with E-state index in [-0.39, 0.29) is 0 Å². The quantitative estimate of drug-likeness (QED) is 0.926. The van der Waals surface area contributed by atoms with Crippen LogP contribution in [-0.4, -0.2) is 18.2 Å². The summed E-state index contributed by atoms with van der Waals surface area (Å²) in [5, 5.41) is 3.41. The number of rotatable bonds is 4. The van der Waals surface area contributed by atoms with E-state index in [2.05, 4.69) is 29.4 Å². The zero-order chi connectivity index (χ0) is 13.8. The van der Waals surface area contributed by atoms with E-state index in [1.165, 1.54) is 5.56 Å². The molecule has 0 radical (unpaired) electrons. The monoisotopic (exact) mass is 270 g/mol. The summed E-state index contributed by atoms with van der Waals surface area (Å²) in [6.07, 6.45) is 1.82. The van der Waals surface area contributed by atoms with Crippen molar-refractivity contribution in [1.82, 2.24) is 10.3 Å². The maximum atomic E-state index is 5.70. The first-order chi connectivity index (χ1) is 9.84. The van der Waals surface area contributed by atoms with E-state index in [9.17, 15) is 0 Å². The average molecular weight is 270 g/mol. The highest BCUT2D eigenvalue weighted by Crippen LogP contribution is 2.33. The van der Waals surface area contributed by atoms with Crippen LogP contribution in [0.3, 0.4) is 0 Å². The minimum absolute atomic E-state index is 0.614. The topological polar surface area (TPSA) is 43.4 Å². The molecule has 4 heteroatoms. The number of aryl methyl sites for hydroxylation is 1. The molecule has 0 unspecified atom stereocenters. The van der Waals surface area contributed by atoms with Gasteiger partial charge in [0, 0.05) is 24.8 Å². The Morgan fingerprint density at radius 1 is 1.10 bits per heavy atom. The standard InChI is InChI=1S/C16H18N2O2/c1-12-4-3-7-18-14(12)11-17-10-13-5-2-6-15-16(13)20-9-8-19-15/h2-7,17H,8-11H2,1H3. The Morgan fingerprint density at radius 3 is 2.90 bits per heavy atom. The average Bonchev–Trinajstić information content (AvgIpc) is 2.49. The van der Waals surface area contributed by atoms with Gasteiger partial charge in [0.2, 0.25) is 0 Å². The molecule has 0 saturated carbocycles. The van der Waals surface area contributed by atoms with Crippen LogP contribution in [-0.2, 0) is 13.1 Å². The number of pyridine rings is 1. The molecule has 104 valence electrons. The minimum Gasteiger partial charge on any atom is -0.486 e. The van der Waals surface area contributed by atoms with Crippen LogP contribution in [0.25, 0.3) is 0 Å². The van der Waals surface area contributed by atoms with Crippen molar-refractivity contribution >= 4 is 0 Å². The van der Waals surface area contributed by atoms with E-state index in [4.69, 9.17) is 9.47 Å². The fraction of sp³-hybridized carbons (Fsp3) is 0.312. The summed E-state index contributed by atoms with van der Waals surface area (Å²) >= 11 is 0. The molecule has 0 spiro atoms. The zero-order valence-corrected chi connectivity index (χ0v) is 11.6. The summed E-state index contributed by atoms with van der Waals surface area (Å²) in [7, 11) is 0. The van der Waals surface area contributed by atoms with Crippen molar-refractivity contribution < 1.29 is 9.47 Å². The van der Waals surface area contributed by atoms with Gasteiger partial charge in [0.15, 0.2) is 11.5 Å². The van der Waals surface area contributed by atoms with Crippen LogP contribution in [0.1, 0.15) is 16.8 Å². The van der Waals surface area contributed by atoms with Gasteiger partial charge in [-0.15, -0.1) is 0 Å². The van der Waals surface area contributed by atoms with E-state index in [1.54, 1.807) is 0 Å². The number of aromatic nitrogens is 1. The highest BCUT2D eigenvalue weighted by Gasteiger charge is 2.15. The fourth-order valence-corrected chi connectivity index (χ4v) is 2.29. The molecule has 0 aliphatic carbocycles. The number of benzene rings is 1. The first-order valence-electron chi connectivity index (χ1n) is 6.83. The third-order valence-electron chi connectivity index (χ3n) is 3.37. The van der Waals surface area contributed by atoms with Crippen LogP contribution in [0.4, 0.5) is 0 Å². The Labute approximate surface area is 118 Å². The van der Waals surface area contributed by atoms with Crippen LogP contribution >= 0.6 is 0 Å². The fourth-order valence-electron chi connectivity index (χ4n) is 2.29. The van der Waals surface area contributed by atoms with Gasteiger partial charge in [0.05, 0.1) is 5.69 Å². The Balaban J connectivity index is 1.66. The van der Waals surface area contributed by atoms with E-state index >= 15 is 0 Å². The van der Waals surface area contributed by atoms with Crippen molar-refractivity contribution in [2.24, 2.45) is 0 Å². The van der Waals surface area contributed by atoms with Gasteiger partial charge < -0.3 is 14.8 Å². The minimum atomic E-state index is 0.614. The van der Waals surface area contributed by atoms with Crippen molar-refractivity contribution in [3.63, 3.8) is 0 Å². The lowest BCUT2D eigenvalue weighted by Crippen LogP contribution is -2.19. The number of ether oxygens (including phenoxy) is 2. The number of fused-ring (bicyclic) bond motifs is 1. The molecule has 0 bridgehead atoms. The summed E-state index contributed by atoms with van der Waals surface area (Å²) in [5.74, 6) is 1.70. The Bertz CT molecular complexity index is 599. The van der Waals surface area contributed by atoms with Gasteiger partial charge in [-0.1, -0.05) is 18.2 Å². The first-order valence-corrected chi connectivity index (χ1v) is 6.83. The molecular weight excluding hydrogens is 252 g/mol. The molecule has 3 rings (SSSR count). The lowest BCUT2D eigenvalue weighted by Gasteiger charge is -2.21. The third kappa shape index (κ3) is 2.75. The molecule has 2 heterocycles. The molecule has 1 aliphatic heterocycles. The lowest BCUT2D eigenvalue weighted by molar-refractivity contribution is 0.169. The van der Waals surface area contributed by atoms with E-state index in [0.717, 1.165) is 35.8 Å². The maximum Gasteiger partial charge on any atom is 0.165 e. The van der Waals surface area contributed by atoms with Crippen molar-refractivity contribution in [1.29, 1.82) is 0 Å². The number of hydrogen-bond acceptors (Lipinski definition) is 4. The van der Waals surface area contributed by atoms with E-state index < -0.39 is 0 Å². The second-order valence-electron chi connectivity index (χ2n) is 4.81. The lowest BCUT2D eigenvalue weighted by atomic mass is 10.1. The molecule has 0 saturated heterocycles. The van der Waals surface area contributed by atoms with E-state index in [1.807, 2.05) is 24.4 Å².